The molecule has 0 aromatic rings. The lowest BCUT2D eigenvalue weighted by molar-refractivity contribution is -0.161. The molecule has 0 aliphatic carbocycles. The van der Waals surface area contributed by atoms with E-state index in [0.29, 0.717) is 19.3 Å². The second kappa shape index (κ2) is 91.6. The van der Waals surface area contributed by atoms with Crippen LogP contribution in [0.4, 0.5) is 0 Å². The van der Waals surface area contributed by atoms with E-state index in [0.717, 1.165) is 173 Å². The Balaban J connectivity index is 4.54. The summed E-state index contributed by atoms with van der Waals surface area (Å²) in [5.41, 5.74) is 0. The summed E-state index contributed by atoms with van der Waals surface area (Å²) in [5, 5.41) is 20.7. The lowest BCUT2D eigenvalue weighted by Gasteiger charge is -2.21. The first-order chi connectivity index (χ1) is 58.2. The molecule has 678 valence electrons. The van der Waals surface area contributed by atoms with E-state index in [1.54, 1.807) is 0 Å². The van der Waals surface area contributed by atoms with Crippen LogP contribution in [-0.4, -0.2) is 95.9 Å². The van der Waals surface area contributed by atoms with Crippen LogP contribution in [0.15, 0.2) is 194 Å². The van der Waals surface area contributed by atoms with Gasteiger partial charge in [0.2, 0.25) is 0 Å². The molecule has 0 aromatic heterocycles. The number of esters is 3. The van der Waals surface area contributed by atoms with Gasteiger partial charge in [-0.25, -0.2) is 9.13 Å². The SMILES string of the molecule is CC/C=C\C/C=C\C/C=C\C/C=C\C/C=C\C/C=C\CCCCCCCCCCCCCCCCCCC(=O)OCC(O)COP(=O)(O)OCC(O)COP(=O)(O)OCC(COC(=O)CCCCCCCCCCCCCCC/C=C\C/C=C\C/C=C\C/C=C\C/C=C\CC)OC(=O)CCCCC/C=C\C/C=C\C/C=C\C/C=C\C/C=C\CC. The average Bonchev–Trinajstić information content (AvgIpc) is 0.924. The summed E-state index contributed by atoms with van der Waals surface area (Å²) in [6, 6.07) is 0. The molecule has 0 rings (SSSR count). The van der Waals surface area contributed by atoms with Crippen molar-refractivity contribution in [1.82, 2.24) is 0 Å². The minimum atomic E-state index is -4.95. The molecule has 5 unspecified atom stereocenters. The van der Waals surface area contributed by atoms with Crippen molar-refractivity contribution in [3.05, 3.63) is 194 Å². The Kier molecular flexibility index (Phi) is 87.3. The van der Waals surface area contributed by atoms with Gasteiger partial charge in [0.15, 0.2) is 6.10 Å². The quantitative estimate of drug-likeness (QED) is 0.0146. The summed E-state index contributed by atoms with van der Waals surface area (Å²) in [7, 11) is -9.83. The fourth-order valence-corrected chi connectivity index (χ4v) is 13.9. The van der Waals surface area contributed by atoms with E-state index < -0.39 is 91.5 Å². The van der Waals surface area contributed by atoms with Gasteiger partial charge in [-0.1, -0.05) is 382 Å². The number of hydrogen-bond acceptors (Lipinski definition) is 14. The van der Waals surface area contributed by atoms with Crippen LogP contribution in [0.5, 0.6) is 0 Å². The van der Waals surface area contributed by atoms with Gasteiger partial charge in [0.25, 0.3) is 0 Å². The number of aliphatic hydroxyl groups excluding tert-OH is 2. The molecule has 18 heteroatoms. The monoisotopic (exact) mass is 1700 g/mol. The number of hydrogen-bond donors (Lipinski definition) is 4. The van der Waals surface area contributed by atoms with Crippen molar-refractivity contribution in [3.63, 3.8) is 0 Å². The second-order valence-electron chi connectivity index (χ2n) is 30.7. The van der Waals surface area contributed by atoms with Crippen molar-refractivity contribution in [2.75, 3.05) is 39.6 Å². The van der Waals surface area contributed by atoms with Crippen LogP contribution >= 0.6 is 15.6 Å². The zero-order valence-electron chi connectivity index (χ0n) is 74.7. The largest absolute Gasteiger partial charge is 0.472 e. The van der Waals surface area contributed by atoms with Gasteiger partial charge in [0, 0.05) is 19.3 Å². The molecule has 0 radical (unpaired) electrons. The Hall–Kier alpha value is -5.61. The summed E-state index contributed by atoms with van der Waals surface area (Å²) in [5.74, 6) is -1.61. The molecular weight excluding hydrogens is 1530 g/mol. The van der Waals surface area contributed by atoms with Crippen molar-refractivity contribution in [2.24, 2.45) is 0 Å². The van der Waals surface area contributed by atoms with E-state index in [2.05, 4.69) is 215 Å². The van der Waals surface area contributed by atoms with Crippen molar-refractivity contribution in [2.45, 2.75) is 386 Å². The predicted octanol–water partition coefficient (Wildman–Crippen LogP) is 29.0. The molecule has 0 amide bonds. The summed E-state index contributed by atoms with van der Waals surface area (Å²) in [4.78, 5) is 59.0. The van der Waals surface area contributed by atoms with Gasteiger partial charge in [0.1, 0.15) is 25.4 Å². The first-order valence-corrected chi connectivity index (χ1v) is 49.7. The van der Waals surface area contributed by atoms with Gasteiger partial charge in [-0.05, 0) is 161 Å². The van der Waals surface area contributed by atoms with Gasteiger partial charge >= 0.3 is 33.6 Å². The Morgan fingerprint density at radius 1 is 0.235 bits per heavy atom. The minimum absolute atomic E-state index is 0.0603. The minimum Gasteiger partial charge on any atom is -0.463 e. The van der Waals surface area contributed by atoms with Crippen molar-refractivity contribution < 1.29 is 75.8 Å². The molecular formula is C101H168O16P2. The van der Waals surface area contributed by atoms with E-state index in [-0.39, 0.29) is 19.3 Å². The third kappa shape index (κ3) is 92.9. The van der Waals surface area contributed by atoms with Crippen LogP contribution in [0.25, 0.3) is 0 Å². The molecule has 0 heterocycles. The third-order valence-electron chi connectivity index (χ3n) is 19.3. The summed E-state index contributed by atoms with van der Waals surface area (Å²) in [6.45, 7) is 2.33. The zero-order valence-corrected chi connectivity index (χ0v) is 76.5. The molecule has 0 saturated heterocycles. The second-order valence-corrected chi connectivity index (χ2v) is 33.6. The number of allylic oxidation sites excluding steroid dienone is 32. The van der Waals surface area contributed by atoms with Crippen LogP contribution in [0.2, 0.25) is 0 Å². The number of phosphoric ester groups is 2. The van der Waals surface area contributed by atoms with Gasteiger partial charge in [-0.2, -0.15) is 0 Å². The van der Waals surface area contributed by atoms with Gasteiger partial charge in [0.05, 0.1) is 26.4 Å². The lowest BCUT2D eigenvalue weighted by Crippen LogP contribution is -2.30. The average molecular weight is 1700 g/mol. The Morgan fingerprint density at radius 3 is 0.672 bits per heavy atom. The molecule has 0 aliphatic rings. The maximum Gasteiger partial charge on any atom is 0.472 e. The zero-order chi connectivity index (χ0) is 86.5. The van der Waals surface area contributed by atoms with Crippen molar-refractivity contribution >= 4 is 33.6 Å². The number of rotatable bonds is 87. The summed E-state index contributed by atoms with van der Waals surface area (Å²) < 4.78 is 61.4. The smallest absolute Gasteiger partial charge is 0.463 e. The predicted molar refractivity (Wildman–Crippen MR) is 500 cm³/mol. The lowest BCUT2D eigenvalue weighted by atomic mass is 10.0. The number of carbonyl (C=O) groups is 3. The highest BCUT2D eigenvalue weighted by atomic mass is 31.2. The molecule has 4 N–H and O–H groups in total. The summed E-state index contributed by atoms with van der Waals surface area (Å²) >= 11 is 0. The number of ether oxygens (including phenoxy) is 3. The molecule has 0 bridgehead atoms. The topological polar surface area (TPSA) is 231 Å². The first-order valence-electron chi connectivity index (χ1n) is 46.7. The molecule has 16 nitrogen and oxygen atoms in total. The highest BCUT2D eigenvalue weighted by Crippen LogP contribution is 2.45. The number of unbranched alkanes of at least 4 members (excludes halogenated alkanes) is 32. The molecule has 5 atom stereocenters. The van der Waals surface area contributed by atoms with E-state index in [1.165, 1.54) is 135 Å². The van der Waals surface area contributed by atoms with Gasteiger partial charge < -0.3 is 34.2 Å². The maximum absolute atomic E-state index is 13.0. The Bertz CT molecular complexity index is 2940. The van der Waals surface area contributed by atoms with Crippen LogP contribution in [0.3, 0.4) is 0 Å². The molecule has 0 spiro atoms. The molecule has 0 aliphatic heterocycles. The standard InChI is InChI=1S/C101H168O16P2/c1-4-7-10-13-16-19-22-25-28-31-34-36-38-40-42-44-45-46-47-48-49-51-53-54-56-58-61-63-66-69-72-75-78-81-84-87-99(104)111-90-96(102)91-113-118(107,108)114-92-97(103)93-115-119(109,110)116-95-98(117-101(106)89-86-83-80-77-74-71-68-65-60-33-30-27-24-21-18-15-12-9-6-3)94-112-100(105)88-85-82-79-76-73-70-67-64-62-59-57-55-52-50-43-41-39-37-35-32-29-26-23-20-17-14-11-8-5-2/h7-12,16-21,25-30,34-37,40-43,45-46,60,65,71,74,96-98,102-103H,4-6,13-15,22-24,31-33,38-39,44,47-59,61-64,66-70,72-73,75-95H2,1-3H3,(H,107,108)(H,109,110)/b10-7-,11-8-,12-9-,19-16-,20-17-,21-18-,28-25-,29-26-,30-27-,36-34-,37-35-,42-40-,43-41-,46-45-,65-60-,74-71-. The molecule has 0 fully saturated rings. The normalized spacial score (nSPS) is 14.6. The number of phosphoric acid groups is 2. The highest BCUT2D eigenvalue weighted by molar-refractivity contribution is 7.47. The van der Waals surface area contributed by atoms with Crippen LogP contribution < -0.4 is 0 Å². The number of carbonyl (C=O) groups excluding carboxylic acids is 3. The van der Waals surface area contributed by atoms with Crippen molar-refractivity contribution in [1.29, 1.82) is 0 Å². The van der Waals surface area contributed by atoms with Gasteiger partial charge in [-0.3, -0.25) is 32.5 Å². The molecule has 0 saturated carbocycles. The van der Waals surface area contributed by atoms with Crippen molar-refractivity contribution in [3.8, 4) is 0 Å². The van der Waals surface area contributed by atoms with Crippen LogP contribution in [-0.2, 0) is 55.8 Å². The maximum atomic E-state index is 13.0. The summed E-state index contributed by atoms with van der Waals surface area (Å²) in [6.07, 6.45) is 122. The fourth-order valence-electron chi connectivity index (χ4n) is 12.3. The van der Waals surface area contributed by atoms with Crippen LogP contribution in [0, 0.1) is 0 Å². The van der Waals surface area contributed by atoms with Crippen LogP contribution in [0.1, 0.15) is 367 Å². The third-order valence-corrected chi connectivity index (χ3v) is 21.2. The fraction of sp³-hybridized carbons (Fsp3) is 0.653. The number of aliphatic hydroxyl groups is 2. The first kappa shape index (κ1) is 113. The van der Waals surface area contributed by atoms with Gasteiger partial charge in [-0.15, -0.1) is 0 Å². The highest BCUT2D eigenvalue weighted by Gasteiger charge is 2.29. The Morgan fingerprint density at radius 2 is 0.420 bits per heavy atom. The van der Waals surface area contributed by atoms with E-state index in [1.807, 2.05) is 0 Å². The molecule has 119 heavy (non-hydrogen) atoms. The van der Waals surface area contributed by atoms with E-state index in [4.69, 9.17) is 32.3 Å². The Labute approximate surface area is 725 Å². The van der Waals surface area contributed by atoms with E-state index in [9.17, 15) is 43.5 Å². The van der Waals surface area contributed by atoms with E-state index >= 15 is 0 Å². The molecule has 0 aromatic carbocycles.